The number of amides is 2. The van der Waals surface area contributed by atoms with E-state index in [-0.39, 0.29) is 30.3 Å². The third kappa shape index (κ3) is 6.09. The van der Waals surface area contributed by atoms with Gasteiger partial charge >= 0.3 is 6.03 Å². The van der Waals surface area contributed by atoms with E-state index in [9.17, 15) is 4.79 Å². The SMILES string of the molecule is CCOC[C@H](NC(=O)NC1C[C@@H](C)O[C@H](C)C1)C(C)C. The van der Waals surface area contributed by atoms with E-state index in [0.29, 0.717) is 19.1 Å². The molecule has 0 aromatic heterocycles. The first-order valence-corrected chi connectivity index (χ1v) is 7.72. The Balaban J connectivity index is 2.40. The summed E-state index contributed by atoms with van der Waals surface area (Å²) in [7, 11) is 0. The topological polar surface area (TPSA) is 59.6 Å². The van der Waals surface area contributed by atoms with Crippen molar-refractivity contribution in [2.75, 3.05) is 13.2 Å². The van der Waals surface area contributed by atoms with Crippen molar-refractivity contribution in [1.29, 1.82) is 0 Å². The van der Waals surface area contributed by atoms with Crippen molar-refractivity contribution in [3.05, 3.63) is 0 Å². The zero-order valence-electron chi connectivity index (χ0n) is 13.4. The average molecular weight is 286 g/mol. The summed E-state index contributed by atoms with van der Waals surface area (Å²) in [4.78, 5) is 12.1. The number of ether oxygens (including phenoxy) is 2. The molecule has 0 unspecified atom stereocenters. The van der Waals surface area contributed by atoms with Crippen molar-refractivity contribution in [3.63, 3.8) is 0 Å². The lowest BCUT2D eigenvalue weighted by molar-refractivity contribution is -0.0403. The van der Waals surface area contributed by atoms with E-state index < -0.39 is 0 Å². The fraction of sp³-hybridized carbons (Fsp3) is 0.933. The molecule has 1 heterocycles. The average Bonchev–Trinajstić information content (AvgIpc) is 2.32. The summed E-state index contributed by atoms with van der Waals surface area (Å²) in [6, 6.07) is 0.132. The molecule has 20 heavy (non-hydrogen) atoms. The first-order valence-electron chi connectivity index (χ1n) is 7.72. The largest absolute Gasteiger partial charge is 0.380 e. The Labute approximate surface area is 122 Å². The first-order chi connectivity index (χ1) is 9.42. The van der Waals surface area contributed by atoms with Gasteiger partial charge in [-0.15, -0.1) is 0 Å². The molecule has 2 N–H and O–H groups in total. The van der Waals surface area contributed by atoms with Gasteiger partial charge in [0.15, 0.2) is 0 Å². The molecule has 1 aliphatic heterocycles. The molecule has 0 aliphatic carbocycles. The van der Waals surface area contributed by atoms with Gasteiger partial charge in [0.05, 0.1) is 24.9 Å². The Hall–Kier alpha value is -0.810. The third-order valence-corrected chi connectivity index (χ3v) is 3.66. The molecule has 1 aliphatic rings. The molecular formula is C15H30N2O3. The highest BCUT2D eigenvalue weighted by atomic mass is 16.5. The summed E-state index contributed by atoms with van der Waals surface area (Å²) in [5.41, 5.74) is 0. The van der Waals surface area contributed by atoms with Gasteiger partial charge in [-0.25, -0.2) is 4.79 Å². The molecule has 2 amide bonds. The molecule has 1 saturated heterocycles. The standard InChI is InChI=1S/C15H30N2O3/c1-6-19-9-14(10(2)3)17-15(18)16-13-7-11(4)20-12(5)8-13/h10-14H,6-9H2,1-5H3,(H2,16,17,18)/t11-,12-,14+/m1/s1. The number of hydrogen-bond donors (Lipinski definition) is 2. The van der Waals surface area contributed by atoms with E-state index >= 15 is 0 Å². The highest BCUT2D eigenvalue weighted by Crippen LogP contribution is 2.18. The van der Waals surface area contributed by atoms with Crippen LogP contribution in [0.25, 0.3) is 0 Å². The number of carbonyl (C=O) groups is 1. The van der Waals surface area contributed by atoms with Crippen LogP contribution in [-0.4, -0.2) is 43.5 Å². The molecule has 1 rings (SSSR count). The summed E-state index contributed by atoms with van der Waals surface area (Å²) in [5.74, 6) is 0.347. The quantitative estimate of drug-likeness (QED) is 0.787. The maximum atomic E-state index is 12.1. The van der Waals surface area contributed by atoms with Gasteiger partial charge in [0, 0.05) is 12.6 Å². The summed E-state index contributed by atoms with van der Waals surface area (Å²) in [5, 5.41) is 6.07. The van der Waals surface area contributed by atoms with E-state index in [2.05, 4.69) is 24.5 Å². The van der Waals surface area contributed by atoms with Gasteiger partial charge in [0.1, 0.15) is 0 Å². The molecule has 1 fully saturated rings. The maximum absolute atomic E-state index is 12.1. The highest BCUT2D eigenvalue weighted by Gasteiger charge is 2.26. The maximum Gasteiger partial charge on any atom is 0.315 e. The summed E-state index contributed by atoms with van der Waals surface area (Å²) < 4.78 is 11.1. The lowest BCUT2D eigenvalue weighted by Crippen LogP contribution is -2.52. The predicted octanol–water partition coefficient (Wildman–Crippen LogP) is 2.30. The predicted molar refractivity (Wildman–Crippen MR) is 79.8 cm³/mol. The van der Waals surface area contributed by atoms with Crippen LogP contribution in [0.5, 0.6) is 0 Å². The minimum atomic E-state index is -0.102. The van der Waals surface area contributed by atoms with Crippen LogP contribution < -0.4 is 10.6 Å². The Kier molecular flexibility index (Phi) is 7.30. The van der Waals surface area contributed by atoms with Crippen LogP contribution >= 0.6 is 0 Å². The van der Waals surface area contributed by atoms with Gasteiger partial charge in [-0.1, -0.05) is 13.8 Å². The first kappa shape index (κ1) is 17.2. The van der Waals surface area contributed by atoms with Crippen LogP contribution in [0.15, 0.2) is 0 Å². The molecule has 118 valence electrons. The molecule has 0 aromatic rings. The smallest absolute Gasteiger partial charge is 0.315 e. The second-order valence-electron chi connectivity index (χ2n) is 6.05. The number of urea groups is 1. The van der Waals surface area contributed by atoms with E-state index in [4.69, 9.17) is 9.47 Å². The molecule has 0 aromatic carbocycles. The Morgan fingerprint density at radius 2 is 1.90 bits per heavy atom. The van der Waals surface area contributed by atoms with Crippen molar-refractivity contribution in [1.82, 2.24) is 10.6 Å². The van der Waals surface area contributed by atoms with Crippen molar-refractivity contribution in [3.8, 4) is 0 Å². The third-order valence-electron chi connectivity index (χ3n) is 3.66. The van der Waals surface area contributed by atoms with Crippen molar-refractivity contribution in [2.24, 2.45) is 5.92 Å². The van der Waals surface area contributed by atoms with Crippen molar-refractivity contribution in [2.45, 2.75) is 71.8 Å². The van der Waals surface area contributed by atoms with Crippen molar-refractivity contribution < 1.29 is 14.3 Å². The normalized spacial score (nSPS) is 28.2. The number of hydrogen-bond acceptors (Lipinski definition) is 3. The summed E-state index contributed by atoms with van der Waals surface area (Å²) in [6.07, 6.45) is 2.15. The van der Waals surface area contributed by atoms with E-state index in [1.165, 1.54) is 0 Å². The van der Waals surface area contributed by atoms with Crippen LogP contribution in [0, 0.1) is 5.92 Å². The fourth-order valence-corrected chi connectivity index (χ4v) is 2.56. The van der Waals surface area contributed by atoms with Gasteiger partial charge < -0.3 is 20.1 Å². The van der Waals surface area contributed by atoms with Gasteiger partial charge in [0.2, 0.25) is 0 Å². The van der Waals surface area contributed by atoms with Crippen molar-refractivity contribution >= 4 is 6.03 Å². The molecule has 0 bridgehead atoms. The van der Waals surface area contributed by atoms with Crippen LogP contribution in [0.2, 0.25) is 0 Å². The Bertz CT molecular complexity index is 287. The van der Waals surface area contributed by atoms with Crippen LogP contribution in [0.3, 0.4) is 0 Å². The lowest BCUT2D eigenvalue weighted by Gasteiger charge is -2.33. The molecule has 0 spiro atoms. The molecule has 0 saturated carbocycles. The summed E-state index contributed by atoms with van der Waals surface area (Å²) >= 11 is 0. The van der Waals surface area contributed by atoms with E-state index in [1.807, 2.05) is 20.8 Å². The molecule has 0 radical (unpaired) electrons. The number of carbonyl (C=O) groups excluding carboxylic acids is 1. The van der Waals surface area contributed by atoms with Gasteiger partial charge in [-0.2, -0.15) is 0 Å². The zero-order chi connectivity index (χ0) is 15.1. The van der Waals surface area contributed by atoms with Gasteiger partial charge in [0.25, 0.3) is 0 Å². The van der Waals surface area contributed by atoms with Crippen LogP contribution in [-0.2, 0) is 9.47 Å². The van der Waals surface area contributed by atoms with E-state index in [0.717, 1.165) is 12.8 Å². The lowest BCUT2D eigenvalue weighted by atomic mass is 10.00. The Morgan fingerprint density at radius 1 is 1.30 bits per heavy atom. The Morgan fingerprint density at radius 3 is 2.40 bits per heavy atom. The minimum absolute atomic E-state index is 0.0460. The van der Waals surface area contributed by atoms with Gasteiger partial charge in [-0.05, 0) is 39.5 Å². The number of rotatable bonds is 6. The minimum Gasteiger partial charge on any atom is -0.380 e. The fourth-order valence-electron chi connectivity index (χ4n) is 2.56. The molecule has 5 nitrogen and oxygen atoms in total. The summed E-state index contributed by atoms with van der Waals surface area (Å²) in [6.45, 7) is 11.5. The molecule has 3 atom stereocenters. The van der Waals surface area contributed by atoms with E-state index in [1.54, 1.807) is 0 Å². The van der Waals surface area contributed by atoms with Gasteiger partial charge in [-0.3, -0.25) is 0 Å². The second kappa shape index (κ2) is 8.47. The second-order valence-corrected chi connectivity index (χ2v) is 6.05. The molecular weight excluding hydrogens is 256 g/mol. The van der Waals surface area contributed by atoms with Crippen LogP contribution in [0.1, 0.15) is 47.5 Å². The van der Waals surface area contributed by atoms with Crippen LogP contribution in [0.4, 0.5) is 4.79 Å². The monoisotopic (exact) mass is 286 g/mol. The molecule has 5 heteroatoms. The number of nitrogens with one attached hydrogen (secondary N) is 2. The highest BCUT2D eigenvalue weighted by molar-refractivity contribution is 5.74. The zero-order valence-corrected chi connectivity index (χ0v) is 13.4.